The largest absolute Gasteiger partial charge is 0.459 e. The molecule has 0 aliphatic rings. The molecule has 0 bridgehead atoms. The van der Waals surface area contributed by atoms with Crippen molar-refractivity contribution in [3.63, 3.8) is 0 Å². The predicted molar refractivity (Wildman–Crippen MR) is 88.2 cm³/mol. The number of hydrogen-bond donors (Lipinski definition) is 0. The maximum absolute atomic E-state index is 12.4. The number of carbonyl (C=O) groups excluding carboxylic acids is 1. The minimum absolute atomic E-state index is 0.0835. The Labute approximate surface area is 133 Å². The van der Waals surface area contributed by atoms with Gasteiger partial charge >= 0.3 is 5.97 Å². The number of nitrogens with zero attached hydrogens (tertiary/aromatic N) is 2. The number of carbonyl (C=O) groups is 1. The van der Waals surface area contributed by atoms with E-state index < -0.39 is 5.60 Å². The Balaban J connectivity index is 2.27. The molecule has 1 heterocycles. The first-order valence-corrected chi connectivity index (χ1v) is 8.14. The summed E-state index contributed by atoms with van der Waals surface area (Å²) in [6.45, 7) is 7.87. The highest BCUT2D eigenvalue weighted by atomic mass is 32.2. The lowest BCUT2D eigenvalue weighted by molar-refractivity contribution is -0.151. The van der Waals surface area contributed by atoms with Crippen LogP contribution in [0.1, 0.15) is 27.7 Å². The van der Waals surface area contributed by atoms with E-state index in [2.05, 4.69) is 4.98 Å². The van der Waals surface area contributed by atoms with Gasteiger partial charge in [0.05, 0.1) is 16.7 Å². The molecule has 0 aliphatic heterocycles. The Bertz CT molecular complexity index is 747. The molecule has 0 saturated heterocycles. The summed E-state index contributed by atoms with van der Waals surface area (Å²) in [5, 5.41) is 1.13. The van der Waals surface area contributed by atoms with Crippen molar-refractivity contribution in [1.82, 2.24) is 9.55 Å². The molecule has 1 aromatic carbocycles. The fourth-order valence-corrected chi connectivity index (χ4v) is 2.87. The Hall–Kier alpha value is -1.82. The van der Waals surface area contributed by atoms with Gasteiger partial charge in [0.25, 0.3) is 5.56 Å². The highest BCUT2D eigenvalue weighted by Gasteiger charge is 2.18. The van der Waals surface area contributed by atoms with Gasteiger partial charge < -0.3 is 4.74 Å². The number of thioether (sulfide) groups is 1. The van der Waals surface area contributed by atoms with Crippen molar-refractivity contribution in [2.24, 2.45) is 0 Å². The van der Waals surface area contributed by atoms with Crippen LogP contribution in [-0.4, -0.2) is 26.9 Å². The van der Waals surface area contributed by atoms with Gasteiger partial charge in [0.1, 0.15) is 5.60 Å². The van der Waals surface area contributed by atoms with Crippen LogP contribution in [0.3, 0.4) is 0 Å². The van der Waals surface area contributed by atoms with E-state index in [1.807, 2.05) is 39.8 Å². The third-order valence-corrected chi connectivity index (χ3v) is 3.83. The number of hydrogen-bond acceptors (Lipinski definition) is 5. The molecule has 0 fully saturated rings. The molecular formula is C16H20N2O3S. The zero-order chi connectivity index (χ0) is 16.3. The van der Waals surface area contributed by atoms with E-state index in [1.54, 1.807) is 16.7 Å². The van der Waals surface area contributed by atoms with Gasteiger partial charge in [-0.05, 0) is 39.8 Å². The molecule has 0 saturated carbocycles. The molecule has 0 spiro atoms. The van der Waals surface area contributed by atoms with Crippen molar-refractivity contribution < 1.29 is 9.53 Å². The molecule has 1 aromatic heterocycles. The summed E-state index contributed by atoms with van der Waals surface area (Å²) >= 11 is 1.23. The van der Waals surface area contributed by atoms with Gasteiger partial charge in [-0.25, -0.2) is 4.98 Å². The number of esters is 1. The second-order valence-electron chi connectivity index (χ2n) is 5.84. The summed E-state index contributed by atoms with van der Waals surface area (Å²) < 4.78 is 6.86. The molecule has 118 valence electrons. The van der Waals surface area contributed by atoms with Gasteiger partial charge in [-0.1, -0.05) is 23.9 Å². The van der Waals surface area contributed by atoms with E-state index in [9.17, 15) is 9.59 Å². The molecule has 0 atom stereocenters. The quantitative estimate of drug-likeness (QED) is 0.492. The van der Waals surface area contributed by atoms with Crippen LogP contribution < -0.4 is 5.56 Å². The molecule has 6 heteroatoms. The highest BCUT2D eigenvalue weighted by molar-refractivity contribution is 7.99. The minimum Gasteiger partial charge on any atom is -0.459 e. The number of fused-ring (bicyclic) bond motifs is 1. The lowest BCUT2D eigenvalue weighted by Crippen LogP contribution is -2.26. The average Bonchev–Trinajstić information content (AvgIpc) is 2.43. The fraction of sp³-hybridized carbons (Fsp3) is 0.438. The van der Waals surface area contributed by atoms with Crippen LogP contribution in [0.25, 0.3) is 10.9 Å². The molecule has 0 amide bonds. The van der Waals surface area contributed by atoms with Crippen LogP contribution in [0.2, 0.25) is 0 Å². The van der Waals surface area contributed by atoms with Crippen LogP contribution in [0, 0.1) is 0 Å². The number of benzene rings is 1. The molecule has 2 aromatic rings. The fourth-order valence-electron chi connectivity index (χ4n) is 2.03. The Morgan fingerprint density at radius 1 is 1.32 bits per heavy atom. The number of para-hydroxylation sites is 1. The first-order chi connectivity index (χ1) is 10.3. The van der Waals surface area contributed by atoms with Crippen molar-refractivity contribution in [3.8, 4) is 0 Å². The van der Waals surface area contributed by atoms with E-state index in [0.29, 0.717) is 22.6 Å². The standard InChI is InChI=1S/C16H20N2O3S/c1-5-18-14(20)11-8-6-7-9-12(11)17-15(18)22-10-13(19)21-16(2,3)4/h6-9H,5,10H2,1-4H3. The zero-order valence-electron chi connectivity index (χ0n) is 13.3. The third kappa shape index (κ3) is 3.88. The summed E-state index contributed by atoms with van der Waals surface area (Å²) in [6, 6.07) is 7.22. The van der Waals surface area contributed by atoms with Crippen LogP contribution in [0.4, 0.5) is 0 Å². The van der Waals surface area contributed by atoms with Gasteiger partial charge in [0, 0.05) is 6.54 Å². The minimum atomic E-state index is -0.515. The van der Waals surface area contributed by atoms with E-state index in [0.717, 1.165) is 0 Å². The van der Waals surface area contributed by atoms with E-state index >= 15 is 0 Å². The van der Waals surface area contributed by atoms with Crippen molar-refractivity contribution in [2.75, 3.05) is 5.75 Å². The molecule has 5 nitrogen and oxygen atoms in total. The monoisotopic (exact) mass is 320 g/mol. The highest BCUT2D eigenvalue weighted by Crippen LogP contribution is 2.19. The molecule has 0 unspecified atom stereocenters. The topological polar surface area (TPSA) is 61.2 Å². The van der Waals surface area contributed by atoms with E-state index in [-0.39, 0.29) is 17.3 Å². The third-order valence-electron chi connectivity index (χ3n) is 2.88. The lowest BCUT2D eigenvalue weighted by atomic mass is 10.2. The Morgan fingerprint density at radius 2 is 2.00 bits per heavy atom. The summed E-state index contributed by atoms with van der Waals surface area (Å²) in [7, 11) is 0. The SMILES string of the molecule is CCn1c(SCC(=O)OC(C)(C)C)nc2ccccc2c1=O. The molecule has 0 aliphatic carbocycles. The number of aromatic nitrogens is 2. The second kappa shape index (κ2) is 6.52. The molecule has 2 rings (SSSR count). The van der Waals surface area contributed by atoms with Gasteiger partial charge in [0.2, 0.25) is 0 Å². The summed E-state index contributed by atoms with van der Waals surface area (Å²) in [6.07, 6.45) is 0. The molecular weight excluding hydrogens is 300 g/mol. The molecule has 0 radical (unpaired) electrons. The van der Waals surface area contributed by atoms with Gasteiger partial charge in [-0.15, -0.1) is 0 Å². The van der Waals surface area contributed by atoms with Crippen LogP contribution in [-0.2, 0) is 16.1 Å². The maximum atomic E-state index is 12.4. The summed E-state index contributed by atoms with van der Waals surface area (Å²) in [4.78, 5) is 28.8. The van der Waals surface area contributed by atoms with Crippen molar-refractivity contribution in [2.45, 2.75) is 45.0 Å². The smallest absolute Gasteiger partial charge is 0.316 e. The maximum Gasteiger partial charge on any atom is 0.316 e. The van der Waals surface area contributed by atoms with Crippen LogP contribution >= 0.6 is 11.8 Å². The first kappa shape index (κ1) is 16.5. The zero-order valence-corrected chi connectivity index (χ0v) is 14.1. The number of ether oxygens (including phenoxy) is 1. The Morgan fingerprint density at radius 3 is 2.64 bits per heavy atom. The van der Waals surface area contributed by atoms with Gasteiger partial charge in [0.15, 0.2) is 5.16 Å². The summed E-state index contributed by atoms with van der Waals surface area (Å²) in [5.74, 6) is -0.190. The van der Waals surface area contributed by atoms with E-state index in [1.165, 1.54) is 11.8 Å². The molecule has 0 N–H and O–H groups in total. The van der Waals surface area contributed by atoms with E-state index in [4.69, 9.17) is 4.74 Å². The van der Waals surface area contributed by atoms with Gasteiger partial charge in [-0.2, -0.15) is 0 Å². The van der Waals surface area contributed by atoms with Crippen molar-refractivity contribution >= 4 is 28.6 Å². The predicted octanol–water partition coefficient (Wildman–Crippen LogP) is 2.85. The Kier molecular flexibility index (Phi) is 4.90. The van der Waals surface area contributed by atoms with Gasteiger partial charge in [-0.3, -0.25) is 14.2 Å². The van der Waals surface area contributed by atoms with Crippen molar-refractivity contribution in [3.05, 3.63) is 34.6 Å². The normalized spacial score (nSPS) is 11.6. The summed E-state index contributed by atoms with van der Waals surface area (Å²) in [5.41, 5.74) is 0.0440. The van der Waals surface area contributed by atoms with Crippen molar-refractivity contribution in [1.29, 1.82) is 0 Å². The average molecular weight is 320 g/mol. The second-order valence-corrected chi connectivity index (χ2v) is 6.78. The number of rotatable bonds is 4. The molecule has 22 heavy (non-hydrogen) atoms. The van der Waals surface area contributed by atoms with Crippen LogP contribution in [0.5, 0.6) is 0 Å². The van der Waals surface area contributed by atoms with Crippen LogP contribution in [0.15, 0.2) is 34.2 Å². The lowest BCUT2D eigenvalue weighted by Gasteiger charge is -2.19. The first-order valence-electron chi connectivity index (χ1n) is 7.16.